The highest BCUT2D eigenvalue weighted by molar-refractivity contribution is 5.73. The SMILES string of the molecule is NC(=O)CCCNCCO. The number of hydrogen-bond acceptors (Lipinski definition) is 3. The summed E-state index contributed by atoms with van der Waals surface area (Å²) in [5, 5.41) is 11.3. The first kappa shape index (κ1) is 9.39. The van der Waals surface area contributed by atoms with Gasteiger partial charge in [-0.15, -0.1) is 0 Å². The molecular formula is C6H14N2O2. The lowest BCUT2D eigenvalue weighted by molar-refractivity contribution is -0.118. The van der Waals surface area contributed by atoms with E-state index in [1.807, 2.05) is 0 Å². The van der Waals surface area contributed by atoms with Gasteiger partial charge in [-0.2, -0.15) is 0 Å². The van der Waals surface area contributed by atoms with Gasteiger partial charge in [0, 0.05) is 13.0 Å². The van der Waals surface area contributed by atoms with Gasteiger partial charge in [0.2, 0.25) is 5.91 Å². The predicted molar refractivity (Wildman–Crippen MR) is 38.4 cm³/mol. The zero-order valence-electron chi connectivity index (χ0n) is 5.97. The molecule has 0 unspecified atom stereocenters. The summed E-state index contributed by atoms with van der Waals surface area (Å²) in [5.74, 6) is -0.272. The molecule has 4 heteroatoms. The van der Waals surface area contributed by atoms with Crippen molar-refractivity contribution in [3.05, 3.63) is 0 Å². The second-order valence-electron chi connectivity index (χ2n) is 2.04. The monoisotopic (exact) mass is 146 g/mol. The normalized spacial score (nSPS) is 9.70. The van der Waals surface area contributed by atoms with Crippen LogP contribution in [0.4, 0.5) is 0 Å². The van der Waals surface area contributed by atoms with Gasteiger partial charge in [-0.3, -0.25) is 4.79 Å². The largest absolute Gasteiger partial charge is 0.395 e. The average molecular weight is 146 g/mol. The van der Waals surface area contributed by atoms with Crippen molar-refractivity contribution in [3.8, 4) is 0 Å². The topological polar surface area (TPSA) is 75.4 Å². The molecule has 0 aliphatic carbocycles. The van der Waals surface area contributed by atoms with Crippen LogP contribution >= 0.6 is 0 Å². The maximum Gasteiger partial charge on any atom is 0.217 e. The van der Waals surface area contributed by atoms with Crippen molar-refractivity contribution in [3.63, 3.8) is 0 Å². The van der Waals surface area contributed by atoms with Gasteiger partial charge in [-0.05, 0) is 13.0 Å². The Morgan fingerprint density at radius 1 is 1.50 bits per heavy atom. The van der Waals surface area contributed by atoms with Crippen LogP contribution in [0.25, 0.3) is 0 Å². The van der Waals surface area contributed by atoms with Crippen molar-refractivity contribution in [1.82, 2.24) is 5.32 Å². The minimum absolute atomic E-state index is 0.135. The Labute approximate surface area is 60.4 Å². The van der Waals surface area contributed by atoms with Gasteiger partial charge < -0.3 is 16.2 Å². The Morgan fingerprint density at radius 2 is 2.20 bits per heavy atom. The molecule has 1 amide bonds. The predicted octanol–water partition coefficient (Wildman–Crippen LogP) is -1.17. The van der Waals surface area contributed by atoms with Gasteiger partial charge in [-0.1, -0.05) is 0 Å². The summed E-state index contributed by atoms with van der Waals surface area (Å²) in [6.07, 6.45) is 1.16. The molecule has 0 fully saturated rings. The summed E-state index contributed by atoms with van der Waals surface area (Å²) in [4.78, 5) is 10.2. The molecule has 60 valence electrons. The zero-order valence-corrected chi connectivity index (χ0v) is 5.97. The third-order valence-corrected chi connectivity index (χ3v) is 1.07. The van der Waals surface area contributed by atoms with E-state index in [0.717, 1.165) is 13.0 Å². The first-order valence-electron chi connectivity index (χ1n) is 3.37. The maximum absolute atomic E-state index is 10.2. The molecule has 0 spiro atoms. The lowest BCUT2D eigenvalue weighted by atomic mass is 10.3. The summed E-state index contributed by atoms with van der Waals surface area (Å²) in [5.41, 5.74) is 4.89. The van der Waals surface area contributed by atoms with Crippen LogP contribution in [-0.4, -0.2) is 30.7 Å². The molecule has 0 heterocycles. The molecule has 0 atom stereocenters. The number of aliphatic hydroxyl groups is 1. The number of amides is 1. The fraction of sp³-hybridized carbons (Fsp3) is 0.833. The van der Waals surface area contributed by atoms with Crippen LogP contribution in [0.3, 0.4) is 0 Å². The number of carbonyl (C=O) groups excluding carboxylic acids is 1. The molecule has 0 aromatic rings. The van der Waals surface area contributed by atoms with Gasteiger partial charge in [0.25, 0.3) is 0 Å². The molecule has 0 aliphatic heterocycles. The van der Waals surface area contributed by atoms with Crippen molar-refractivity contribution in [2.75, 3.05) is 19.7 Å². The molecule has 0 radical (unpaired) electrons. The van der Waals surface area contributed by atoms with E-state index in [2.05, 4.69) is 5.32 Å². The van der Waals surface area contributed by atoms with Crippen molar-refractivity contribution < 1.29 is 9.90 Å². The number of primary amides is 1. The van der Waals surface area contributed by atoms with E-state index in [-0.39, 0.29) is 12.5 Å². The van der Waals surface area contributed by atoms with Crippen molar-refractivity contribution in [2.24, 2.45) is 5.73 Å². The van der Waals surface area contributed by atoms with Crippen LogP contribution < -0.4 is 11.1 Å². The van der Waals surface area contributed by atoms with Gasteiger partial charge in [0.15, 0.2) is 0 Å². The molecule has 4 N–H and O–H groups in total. The third kappa shape index (κ3) is 7.39. The smallest absolute Gasteiger partial charge is 0.217 e. The van der Waals surface area contributed by atoms with Crippen LogP contribution in [-0.2, 0) is 4.79 Å². The Hall–Kier alpha value is -0.610. The lowest BCUT2D eigenvalue weighted by Crippen LogP contribution is -2.21. The number of nitrogens with two attached hydrogens (primary N) is 1. The van der Waals surface area contributed by atoms with E-state index < -0.39 is 0 Å². The van der Waals surface area contributed by atoms with Crippen LogP contribution in [0.5, 0.6) is 0 Å². The Kier molecular flexibility index (Phi) is 6.11. The molecule has 10 heavy (non-hydrogen) atoms. The quantitative estimate of drug-likeness (QED) is 0.413. The Balaban J connectivity index is 2.84. The molecule has 0 aliphatic rings. The summed E-state index contributed by atoms with van der Waals surface area (Å²) in [7, 11) is 0. The van der Waals surface area contributed by atoms with Gasteiger partial charge in [0.1, 0.15) is 0 Å². The number of hydrogen-bond donors (Lipinski definition) is 3. The van der Waals surface area contributed by atoms with Crippen molar-refractivity contribution >= 4 is 5.91 Å². The van der Waals surface area contributed by atoms with Gasteiger partial charge in [-0.25, -0.2) is 0 Å². The molecule has 0 saturated heterocycles. The molecule has 0 bridgehead atoms. The summed E-state index contributed by atoms with van der Waals surface area (Å²) < 4.78 is 0. The highest BCUT2D eigenvalue weighted by atomic mass is 16.3. The van der Waals surface area contributed by atoms with Crippen molar-refractivity contribution in [1.29, 1.82) is 0 Å². The Morgan fingerprint density at radius 3 is 2.70 bits per heavy atom. The lowest BCUT2D eigenvalue weighted by Gasteiger charge is -1.99. The average Bonchev–Trinajstić information content (AvgIpc) is 1.87. The minimum atomic E-state index is -0.272. The molecule has 4 nitrogen and oxygen atoms in total. The fourth-order valence-corrected chi connectivity index (χ4v) is 0.592. The third-order valence-electron chi connectivity index (χ3n) is 1.07. The first-order valence-corrected chi connectivity index (χ1v) is 3.37. The first-order chi connectivity index (χ1) is 4.77. The number of nitrogens with one attached hydrogen (secondary N) is 1. The molecule has 0 aromatic carbocycles. The van der Waals surface area contributed by atoms with E-state index in [9.17, 15) is 4.79 Å². The second kappa shape index (κ2) is 6.51. The molecular weight excluding hydrogens is 132 g/mol. The van der Waals surface area contributed by atoms with Crippen LogP contribution in [0.1, 0.15) is 12.8 Å². The molecule has 0 saturated carbocycles. The van der Waals surface area contributed by atoms with Crippen molar-refractivity contribution in [2.45, 2.75) is 12.8 Å². The number of aliphatic hydroxyl groups excluding tert-OH is 1. The van der Waals surface area contributed by atoms with Crippen LogP contribution in [0.15, 0.2) is 0 Å². The number of rotatable bonds is 6. The molecule has 0 rings (SSSR count). The van der Waals surface area contributed by atoms with Gasteiger partial charge in [0.05, 0.1) is 6.61 Å². The van der Waals surface area contributed by atoms with E-state index in [0.29, 0.717) is 13.0 Å². The fourth-order valence-electron chi connectivity index (χ4n) is 0.592. The second-order valence-corrected chi connectivity index (χ2v) is 2.04. The van der Waals surface area contributed by atoms with Crippen LogP contribution in [0.2, 0.25) is 0 Å². The minimum Gasteiger partial charge on any atom is -0.395 e. The summed E-state index contributed by atoms with van der Waals surface area (Å²) in [6, 6.07) is 0. The highest BCUT2D eigenvalue weighted by Gasteiger charge is 1.92. The highest BCUT2D eigenvalue weighted by Crippen LogP contribution is 1.82. The van der Waals surface area contributed by atoms with E-state index in [4.69, 9.17) is 10.8 Å². The Bertz CT molecular complexity index is 95.7. The van der Waals surface area contributed by atoms with Gasteiger partial charge >= 0.3 is 0 Å². The van der Waals surface area contributed by atoms with E-state index in [1.165, 1.54) is 0 Å². The maximum atomic E-state index is 10.2. The van der Waals surface area contributed by atoms with E-state index >= 15 is 0 Å². The number of carbonyl (C=O) groups is 1. The summed E-state index contributed by atoms with van der Waals surface area (Å²) >= 11 is 0. The standard InChI is InChI=1S/C6H14N2O2/c7-6(10)2-1-3-8-4-5-9/h8-9H,1-5H2,(H2,7,10). The van der Waals surface area contributed by atoms with Crippen LogP contribution in [0, 0.1) is 0 Å². The molecule has 0 aromatic heterocycles. The zero-order chi connectivity index (χ0) is 7.82. The van der Waals surface area contributed by atoms with E-state index in [1.54, 1.807) is 0 Å². The summed E-state index contributed by atoms with van der Waals surface area (Å²) in [6.45, 7) is 1.46.